The van der Waals surface area contributed by atoms with Crippen molar-refractivity contribution >= 4 is 76.3 Å². The van der Waals surface area contributed by atoms with Crippen molar-refractivity contribution in [2.24, 2.45) is 0 Å². The van der Waals surface area contributed by atoms with Crippen molar-refractivity contribution < 1.29 is 0 Å². The predicted octanol–water partition coefficient (Wildman–Crippen LogP) is 13.5. The third kappa shape index (κ3) is 4.53. The fraction of sp³-hybridized carbons (Fsp3) is 0. The minimum absolute atomic E-state index is 0.924. The summed E-state index contributed by atoms with van der Waals surface area (Å²) in [6.07, 6.45) is 1.86. The molecule has 4 heterocycles. The van der Waals surface area contributed by atoms with Crippen molar-refractivity contribution in [1.29, 1.82) is 0 Å². The van der Waals surface area contributed by atoms with Crippen LogP contribution in [0.1, 0.15) is 0 Å². The molecule has 0 saturated carbocycles. The summed E-state index contributed by atoms with van der Waals surface area (Å²) in [5.74, 6) is 0. The molecular formula is C52H32N4. The predicted molar refractivity (Wildman–Crippen MR) is 234 cm³/mol. The molecule has 4 heteroatoms. The van der Waals surface area contributed by atoms with Gasteiger partial charge in [0.2, 0.25) is 0 Å². The zero-order valence-electron chi connectivity index (χ0n) is 30.3. The minimum Gasteiger partial charge on any atom is -0.309 e. The molecule has 260 valence electrons. The summed E-state index contributed by atoms with van der Waals surface area (Å²) < 4.78 is 4.85. The highest BCUT2D eigenvalue weighted by atomic mass is 15.0. The van der Waals surface area contributed by atoms with Gasteiger partial charge in [-0.15, -0.1) is 0 Å². The molecule has 0 aliphatic heterocycles. The van der Waals surface area contributed by atoms with Crippen LogP contribution in [0.4, 0.5) is 0 Å². The second-order valence-electron chi connectivity index (χ2n) is 14.6. The summed E-state index contributed by atoms with van der Waals surface area (Å²) in [5, 5.41) is 8.31. The van der Waals surface area contributed by atoms with Crippen LogP contribution >= 0.6 is 0 Å². The fourth-order valence-electron chi connectivity index (χ4n) is 9.05. The normalized spacial score (nSPS) is 11.9. The average Bonchev–Trinajstić information content (AvgIpc) is 3.79. The monoisotopic (exact) mass is 712 g/mol. The lowest BCUT2D eigenvalue weighted by Gasteiger charge is -2.16. The van der Waals surface area contributed by atoms with E-state index < -0.39 is 0 Å². The molecular weight excluding hydrogens is 681 g/mol. The number of rotatable bonds is 4. The Kier molecular flexibility index (Phi) is 6.60. The Morgan fingerprint density at radius 3 is 1.41 bits per heavy atom. The largest absolute Gasteiger partial charge is 0.309 e. The smallest absolute Gasteiger partial charge is 0.0978 e. The van der Waals surface area contributed by atoms with Crippen LogP contribution in [-0.4, -0.2) is 19.1 Å². The maximum Gasteiger partial charge on any atom is 0.0978 e. The van der Waals surface area contributed by atoms with Gasteiger partial charge in [0.05, 0.1) is 38.6 Å². The van der Waals surface area contributed by atoms with Gasteiger partial charge >= 0.3 is 0 Å². The van der Waals surface area contributed by atoms with Crippen molar-refractivity contribution in [1.82, 2.24) is 19.1 Å². The first-order chi connectivity index (χ1) is 27.8. The molecule has 12 aromatic rings. The van der Waals surface area contributed by atoms with Crippen LogP contribution in [-0.2, 0) is 0 Å². The molecule has 0 N–H and O–H groups in total. The Morgan fingerprint density at radius 2 is 0.839 bits per heavy atom. The van der Waals surface area contributed by atoms with Crippen LogP contribution in [0, 0.1) is 0 Å². The van der Waals surface area contributed by atoms with Gasteiger partial charge in [-0.2, -0.15) is 0 Å². The molecule has 0 atom stereocenters. The molecule has 4 nitrogen and oxygen atoms in total. The summed E-state index contributed by atoms with van der Waals surface area (Å²) in [4.78, 5) is 9.92. The minimum atomic E-state index is 0.924. The Hall–Kier alpha value is -7.56. The van der Waals surface area contributed by atoms with Gasteiger partial charge in [-0.3, -0.25) is 4.98 Å². The van der Waals surface area contributed by atoms with E-state index in [4.69, 9.17) is 9.97 Å². The lowest BCUT2D eigenvalue weighted by molar-refractivity contribution is 1.13. The van der Waals surface area contributed by atoms with Gasteiger partial charge in [0.1, 0.15) is 0 Å². The molecule has 0 radical (unpaired) electrons. The van der Waals surface area contributed by atoms with Crippen molar-refractivity contribution in [3.63, 3.8) is 0 Å². The summed E-state index contributed by atoms with van der Waals surface area (Å²) in [7, 11) is 0. The number of hydrogen-bond donors (Lipinski definition) is 0. The first kappa shape index (κ1) is 30.9. The van der Waals surface area contributed by atoms with Crippen molar-refractivity contribution in [2.45, 2.75) is 0 Å². The van der Waals surface area contributed by atoms with Crippen LogP contribution in [0.3, 0.4) is 0 Å². The number of pyridine rings is 2. The number of fused-ring (bicyclic) bond motifs is 10. The Labute approximate surface area is 322 Å². The van der Waals surface area contributed by atoms with Crippen LogP contribution < -0.4 is 0 Å². The van der Waals surface area contributed by atoms with Crippen LogP contribution in [0.5, 0.6) is 0 Å². The SMILES string of the molecule is c1cnc2c(c1)ccc1c(-c3ccc(-c4cc(-n5c6ccccc6c6ccccc65)cc(-n5c6ccccc6c6ccccc65)c4)cc3)c3ccccc3nc12. The van der Waals surface area contributed by atoms with E-state index in [1.807, 2.05) is 12.3 Å². The Balaban J connectivity index is 1.11. The van der Waals surface area contributed by atoms with E-state index in [1.54, 1.807) is 0 Å². The molecule has 0 aliphatic carbocycles. The second-order valence-corrected chi connectivity index (χ2v) is 14.6. The van der Waals surface area contributed by atoms with Crippen LogP contribution in [0.25, 0.3) is 110 Å². The lowest BCUT2D eigenvalue weighted by Crippen LogP contribution is -2.00. The Bertz CT molecular complexity index is 3300. The quantitative estimate of drug-likeness (QED) is 0.135. The zero-order chi connectivity index (χ0) is 36.7. The summed E-state index contributed by atoms with van der Waals surface area (Å²) in [5.41, 5.74) is 14.4. The second kappa shape index (κ2) is 12.0. The number of para-hydroxylation sites is 5. The zero-order valence-corrected chi connectivity index (χ0v) is 30.3. The van der Waals surface area contributed by atoms with Gasteiger partial charge in [-0.1, -0.05) is 133 Å². The van der Waals surface area contributed by atoms with Gasteiger partial charge in [-0.25, -0.2) is 4.98 Å². The molecule has 56 heavy (non-hydrogen) atoms. The topological polar surface area (TPSA) is 35.6 Å². The average molecular weight is 713 g/mol. The highest BCUT2D eigenvalue weighted by molar-refractivity contribution is 6.16. The fourth-order valence-corrected chi connectivity index (χ4v) is 9.05. The number of benzene rings is 8. The van der Waals surface area contributed by atoms with E-state index in [0.717, 1.165) is 60.8 Å². The first-order valence-corrected chi connectivity index (χ1v) is 19.1. The summed E-state index contributed by atoms with van der Waals surface area (Å²) >= 11 is 0. The molecule has 4 aromatic heterocycles. The van der Waals surface area contributed by atoms with Gasteiger partial charge in [0, 0.05) is 60.8 Å². The lowest BCUT2D eigenvalue weighted by atomic mass is 9.93. The summed E-state index contributed by atoms with van der Waals surface area (Å²) in [6.45, 7) is 0. The van der Waals surface area contributed by atoms with Crippen molar-refractivity contribution in [3.05, 3.63) is 194 Å². The maximum absolute atomic E-state index is 5.14. The molecule has 0 bridgehead atoms. The third-order valence-corrected chi connectivity index (χ3v) is 11.5. The maximum atomic E-state index is 5.14. The molecule has 8 aromatic carbocycles. The molecule has 0 unspecified atom stereocenters. The highest BCUT2D eigenvalue weighted by Crippen LogP contribution is 2.40. The van der Waals surface area contributed by atoms with Crippen LogP contribution in [0.2, 0.25) is 0 Å². The number of hydrogen-bond acceptors (Lipinski definition) is 2. The molecule has 12 rings (SSSR count). The molecule has 0 saturated heterocycles. The molecule has 0 amide bonds. The number of aromatic nitrogens is 4. The van der Waals surface area contributed by atoms with E-state index in [9.17, 15) is 0 Å². The van der Waals surface area contributed by atoms with E-state index in [0.29, 0.717) is 0 Å². The molecule has 0 fully saturated rings. The molecule has 0 aliphatic rings. The third-order valence-electron chi connectivity index (χ3n) is 11.5. The first-order valence-electron chi connectivity index (χ1n) is 19.1. The number of nitrogens with zero attached hydrogens (tertiary/aromatic N) is 4. The van der Waals surface area contributed by atoms with E-state index in [-0.39, 0.29) is 0 Å². The van der Waals surface area contributed by atoms with E-state index >= 15 is 0 Å². The van der Waals surface area contributed by atoms with Crippen molar-refractivity contribution in [2.75, 3.05) is 0 Å². The summed E-state index contributed by atoms with van der Waals surface area (Å²) in [6, 6.07) is 68.0. The van der Waals surface area contributed by atoms with Gasteiger partial charge in [-0.05, 0) is 71.3 Å². The van der Waals surface area contributed by atoms with Crippen molar-refractivity contribution in [3.8, 4) is 33.6 Å². The molecule has 0 spiro atoms. The van der Waals surface area contributed by atoms with Gasteiger partial charge < -0.3 is 9.13 Å². The van der Waals surface area contributed by atoms with Gasteiger partial charge in [0.15, 0.2) is 0 Å². The van der Waals surface area contributed by atoms with E-state index in [1.165, 1.54) is 49.2 Å². The van der Waals surface area contributed by atoms with E-state index in [2.05, 4.69) is 191 Å². The Morgan fingerprint density at radius 1 is 0.339 bits per heavy atom. The van der Waals surface area contributed by atoms with Crippen LogP contribution in [0.15, 0.2) is 194 Å². The standard InChI is InChI=1S/C52H32N4/c1-6-18-45-43(17-1)50(44-28-27-35-12-11-29-53-51(35)52(44)54-45)34-25-23-33(24-26-34)36-30-37(55-46-19-7-2-13-39(46)40-14-3-8-20-47(40)55)32-38(31-36)56-48-21-9-4-15-41(48)42-16-5-10-22-49(42)56/h1-32H. The van der Waals surface area contributed by atoms with Gasteiger partial charge in [0.25, 0.3) is 0 Å². The highest BCUT2D eigenvalue weighted by Gasteiger charge is 2.18.